The maximum absolute atomic E-state index is 2.44. The van der Waals surface area contributed by atoms with E-state index in [1.165, 1.54) is 33.8 Å². The summed E-state index contributed by atoms with van der Waals surface area (Å²) >= 11 is 0. The Morgan fingerprint density at radius 1 is 0.577 bits per heavy atom. The van der Waals surface area contributed by atoms with Crippen LogP contribution in [0.5, 0.6) is 0 Å². The van der Waals surface area contributed by atoms with E-state index in [1.807, 2.05) is 0 Å². The van der Waals surface area contributed by atoms with Crippen molar-refractivity contribution in [1.29, 1.82) is 0 Å². The minimum absolute atomic E-state index is 1.01. The highest BCUT2D eigenvalue weighted by atomic mass is 15.3. The molecule has 0 atom stereocenters. The summed E-state index contributed by atoms with van der Waals surface area (Å²) < 4.78 is 2.40. The lowest BCUT2D eigenvalue weighted by molar-refractivity contribution is 0.801. The van der Waals surface area contributed by atoms with E-state index in [1.54, 1.807) is 0 Å². The van der Waals surface area contributed by atoms with E-state index in [9.17, 15) is 0 Å². The summed E-state index contributed by atoms with van der Waals surface area (Å²) in [5, 5.41) is 0. The van der Waals surface area contributed by atoms with Crippen molar-refractivity contribution in [3.8, 4) is 22.3 Å². The molecule has 0 fully saturated rings. The first-order valence-corrected chi connectivity index (χ1v) is 9.08. The van der Waals surface area contributed by atoms with Crippen LogP contribution in [-0.4, -0.2) is 11.1 Å². The molecule has 1 aromatic heterocycles. The second-order valence-electron chi connectivity index (χ2n) is 6.65. The van der Waals surface area contributed by atoms with Crippen molar-refractivity contribution < 1.29 is 0 Å². The molecule has 0 saturated carbocycles. The zero-order chi connectivity index (χ0) is 17.3. The van der Waals surface area contributed by atoms with E-state index in [0.29, 0.717) is 0 Å². The summed E-state index contributed by atoms with van der Waals surface area (Å²) in [4.78, 5) is 2.44. The molecule has 4 aromatic rings. The van der Waals surface area contributed by atoms with Gasteiger partial charge in [-0.25, -0.2) is 0 Å². The Hall–Kier alpha value is -3.26. The van der Waals surface area contributed by atoms with E-state index in [0.717, 1.165) is 13.1 Å². The molecule has 0 amide bonds. The highest BCUT2D eigenvalue weighted by Gasteiger charge is 2.28. The summed E-state index contributed by atoms with van der Waals surface area (Å²) in [6.45, 7) is 2.02. The van der Waals surface area contributed by atoms with Crippen molar-refractivity contribution in [2.45, 2.75) is 6.54 Å². The molecule has 0 N–H and O–H groups in total. The largest absolute Gasteiger partial charge is 0.331 e. The van der Waals surface area contributed by atoms with Gasteiger partial charge in [-0.3, -0.25) is 0 Å². The van der Waals surface area contributed by atoms with E-state index in [4.69, 9.17) is 0 Å². The monoisotopic (exact) mass is 336 g/mol. The predicted molar refractivity (Wildman–Crippen MR) is 109 cm³/mol. The van der Waals surface area contributed by atoms with Crippen LogP contribution >= 0.6 is 0 Å². The van der Waals surface area contributed by atoms with Gasteiger partial charge in [0.25, 0.3) is 0 Å². The molecule has 2 heteroatoms. The third-order valence-electron chi connectivity index (χ3n) is 5.09. The molecule has 2 nitrogen and oxygen atoms in total. The minimum Gasteiger partial charge on any atom is -0.331 e. The summed E-state index contributed by atoms with van der Waals surface area (Å²) in [7, 11) is 0. The Balaban J connectivity index is 1.75. The topological polar surface area (TPSA) is 8.17 Å². The normalized spacial score (nSPS) is 13.0. The van der Waals surface area contributed by atoms with Crippen LogP contribution in [-0.2, 0) is 6.54 Å². The fourth-order valence-electron chi connectivity index (χ4n) is 3.91. The predicted octanol–water partition coefficient (Wildman–Crippen LogP) is 5.97. The van der Waals surface area contributed by atoms with Gasteiger partial charge in [-0.05, 0) is 23.3 Å². The molecule has 3 aromatic carbocycles. The van der Waals surface area contributed by atoms with Crippen molar-refractivity contribution in [2.24, 2.45) is 0 Å². The maximum Gasteiger partial charge on any atom is 0.121 e. The second-order valence-corrected chi connectivity index (χ2v) is 6.65. The lowest BCUT2D eigenvalue weighted by Gasteiger charge is -2.20. The highest BCUT2D eigenvalue weighted by Crippen LogP contribution is 2.45. The van der Waals surface area contributed by atoms with Crippen molar-refractivity contribution in [1.82, 2.24) is 4.57 Å². The quantitative estimate of drug-likeness (QED) is 0.447. The maximum atomic E-state index is 2.44. The van der Waals surface area contributed by atoms with Crippen LogP contribution in [0.15, 0.2) is 97.2 Å². The molecule has 0 radical (unpaired) electrons. The van der Waals surface area contributed by atoms with E-state index in [-0.39, 0.29) is 0 Å². The first-order chi connectivity index (χ1) is 12.9. The Labute approximate surface area is 154 Å². The van der Waals surface area contributed by atoms with Crippen LogP contribution < -0.4 is 4.90 Å². The van der Waals surface area contributed by atoms with Gasteiger partial charge in [0.05, 0.1) is 0 Å². The van der Waals surface area contributed by atoms with Crippen LogP contribution in [0.4, 0.5) is 11.5 Å². The first-order valence-electron chi connectivity index (χ1n) is 9.08. The number of nitrogens with zero attached hydrogens (tertiary/aromatic N) is 2. The second kappa shape index (κ2) is 6.23. The van der Waals surface area contributed by atoms with E-state index < -0.39 is 0 Å². The van der Waals surface area contributed by atoms with Gasteiger partial charge < -0.3 is 9.47 Å². The number of aromatic nitrogens is 1. The molecule has 1 aliphatic heterocycles. The van der Waals surface area contributed by atoms with Gasteiger partial charge in [-0.15, -0.1) is 0 Å². The van der Waals surface area contributed by atoms with Gasteiger partial charge in [0.15, 0.2) is 0 Å². The third kappa shape index (κ3) is 2.42. The van der Waals surface area contributed by atoms with Crippen LogP contribution in [0.25, 0.3) is 22.3 Å². The summed E-state index contributed by atoms with van der Waals surface area (Å²) in [6, 6.07) is 32.1. The number of anilines is 2. The zero-order valence-corrected chi connectivity index (χ0v) is 14.5. The number of para-hydroxylation sites is 1. The van der Waals surface area contributed by atoms with Gasteiger partial charge >= 0.3 is 0 Å². The number of rotatable bonds is 3. The van der Waals surface area contributed by atoms with Crippen molar-refractivity contribution in [3.63, 3.8) is 0 Å². The molecule has 0 spiro atoms. The molecule has 0 unspecified atom stereocenters. The summed E-state index contributed by atoms with van der Waals surface area (Å²) in [5.74, 6) is 1.29. The van der Waals surface area contributed by atoms with Crippen LogP contribution in [0, 0.1) is 0 Å². The minimum atomic E-state index is 1.01. The van der Waals surface area contributed by atoms with Gasteiger partial charge in [0.2, 0.25) is 0 Å². The number of benzene rings is 3. The Morgan fingerprint density at radius 3 is 1.81 bits per heavy atom. The lowest BCUT2D eigenvalue weighted by Crippen LogP contribution is -2.13. The van der Waals surface area contributed by atoms with Crippen molar-refractivity contribution in [3.05, 3.63) is 97.2 Å². The smallest absolute Gasteiger partial charge is 0.121 e. The average molecular weight is 336 g/mol. The number of hydrogen-bond donors (Lipinski definition) is 0. The Bertz CT molecular complexity index is 1020. The average Bonchev–Trinajstić information content (AvgIpc) is 3.29. The molecule has 1 aliphatic rings. The first kappa shape index (κ1) is 15.0. The lowest BCUT2D eigenvalue weighted by atomic mass is 9.98. The molecule has 0 saturated heterocycles. The Morgan fingerprint density at radius 2 is 1.15 bits per heavy atom. The van der Waals surface area contributed by atoms with Gasteiger partial charge in [-0.1, -0.05) is 78.9 Å². The van der Waals surface area contributed by atoms with Crippen LogP contribution in [0.1, 0.15) is 0 Å². The molecule has 26 heavy (non-hydrogen) atoms. The van der Waals surface area contributed by atoms with Crippen molar-refractivity contribution >= 4 is 11.5 Å². The fourth-order valence-corrected chi connectivity index (χ4v) is 3.91. The van der Waals surface area contributed by atoms with Gasteiger partial charge in [-0.2, -0.15) is 0 Å². The molecule has 2 heterocycles. The Kier molecular flexibility index (Phi) is 3.60. The fraction of sp³-hybridized carbons (Fsp3) is 0.0833. The molecular weight excluding hydrogens is 316 g/mol. The van der Waals surface area contributed by atoms with Crippen LogP contribution in [0.3, 0.4) is 0 Å². The van der Waals surface area contributed by atoms with E-state index >= 15 is 0 Å². The molecular formula is C24H20N2. The third-order valence-corrected chi connectivity index (χ3v) is 5.09. The summed E-state index contributed by atoms with van der Waals surface area (Å²) in [5.41, 5.74) is 6.40. The van der Waals surface area contributed by atoms with Crippen LogP contribution in [0.2, 0.25) is 0 Å². The van der Waals surface area contributed by atoms with Gasteiger partial charge in [0.1, 0.15) is 5.82 Å². The number of fused-ring (bicyclic) bond motifs is 1. The summed E-state index contributed by atoms with van der Waals surface area (Å²) in [6.07, 6.45) is 2.32. The molecule has 0 aliphatic carbocycles. The highest BCUT2D eigenvalue weighted by molar-refractivity contribution is 5.94. The molecule has 126 valence electrons. The molecule has 5 rings (SSSR count). The van der Waals surface area contributed by atoms with Gasteiger partial charge in [0, 0.05) is 36.1 Å². The van der Waals surface area contributed by atoms with Crippen molar-refractivity contribution in [2.75, 3.05) is 11.4 Å². The van der Waals surface area contributed by atoms with E-state index in [2.05, 4.69) is 107 Å². The zero-order valence-electron chi connectivity index (χ0n) is 14.5. The standard InChI is InChI=1S/C24H20N2/c1-4-10-19(11-5-1)22-18-25-16-17-26(21-14-8-3-9-15-21)24(25)23(22)20-12-6-2-7-13-20/h1-15,18H,16-17H2. The number of hydrogen-bond acceptors (Lipinski definition) is 1. The molecule has 0 bridgehead atoms. The SMILES string of the molecule is c1ccc(-c2cn3c(c2-c2ccccc2)N(c2ccccc2)CC3)cc1.